The molecule has 2 aromatic heterocycles. The summed E-state index contributed by atoms with van der Waals surface area (Å²) in [6.07, 6.45) is 5.03. The predicted molar refractivity (Wildman–Crippen MR) is 44.2 cm³/mol. The lowest BCUT2D eigenvalue weighted by atomic mass is 10.3. The maximum absolute atomic E-state index is 5.40. The van der Waals surface area contributed by atoms with Crippen LogP contribution in [0.1, 0.15) is 5.82 Å². The van der Waals surface area contributed by atoms with Crippen molar-refractivity contribution in [2.24, 2.45) is 5.73 Å². The van der Waals surface area contributed by atoms with Gasteiger partial charge in [0.05, 0.1) is 31.0 Å². The summed E-state index contributed by atoms with van der Waals surface area (Å²) in [6, 6.07) is 1.87. The number of furan rings is 1. The monoisotopic (exact) mass is 163 g/mol. The van der Waals surface area contributed by atoms with Crippen LogP contribution in [0.25, 0.3) is 11.3 Å². The second kappa shape index (κ2) is 2.83. The van der Waals surface area contributed by atoms with Crippen molar-refractivity contribution in [1.29, 1.82) is 0 Å². The zero-order valence-electron chi connectivity index (χ0n) is 6.45. The minimum absolute atomic E-state index is 0.428. The van der Waals surface area contributed by atoms with Crippen molar-refractivity contribution in [2.45, 2.75) is 6.54 Å². The van der Waals surface area contributed by atoms with Crippen LogP contribution < -0.4 is 5.73 Å². The summed E-state index contributed by atoms with van der Waals surface area (Å²) < 4.78 is 4.93. The van der Waals surface area contributed by atoms with Crippen molar-refractivity contribution in [3.63, 3.8) is 0 Å². The van der Waals surface area contributed by atoms with Crippen LogP contribution >= 0.6 is 0 Å². The van der Waals surface area contributed by atoms with E-state index in [1.165, 1.54) is 0 Å². The Morgan fingerprint density at radius 2 is 2.50 bits per heavy atom. The van der Waals surface area contributed by atoms with Gasteiger partial charge in [-0.15, -0.1) is 0 Å². The number of nitrogens with one attached hydrogen (secondary N) is 1. The van der Waals surface area contributed by atoms with Gasteiger partial charge >= 0.3 is 0 Å². The number of H-pyrrole nitrogens is 1. The molecule has 0 amide bonds. The second-order valence-electron chi connectivity index (χ2n) is 2.46. The number of hydrogen-bond acceptors (Lipinski definition) is 3. The lowest BCUT2D eigenvalue weighted by Gasteiger charge is -1.88. The molecule has 0 aromatic carbocycles. The first-order valence-corrected chi connectivity index (χ1v) is 3.66. The molecule has 0 spiro atoms. The maximum Gasteiger partial charge on any atom is 0.120 e. The number of nitrogens with zero attached hydrogens (tertiary/aromatic N) is 1. The van der Waals surface area contributed by atoms with Crippen molar-refractivity contribution >= 4 is 0 Å². The van der Waals surface area contributed by atoms with Crippen molar-refractivity contribution in [3.05, 3.63) is 30.6 Å². The smallest absolute Gasteiger partial charge is 0.120 e. The molecule has 0 fully saturated rings. The molecule has 0 radical (unpaired) electrons. The summed E-state index contributed by atoms with van der Waals surface area (Å²) >= 11 is 0. The molecule has 0 aliphatic heterocycles. The van der Waals surface area contributed by atoms with Gasteiger partial charge in [-0.1, -0.05) is 0 Å². The van der Waals surface area contributed by atoms with Gasteiger partial charge in [0.25, 0.3) is 0 Å². The Bertz CT molecular complexity index is 350. The molecular weight excluding hydrogens is 154 g/mol. The van der Waals surface area contributed by atoms with Crippen molar-refractivity contribution in [3.8, 4) is 11.3 Å². The van der Waals surface area contributed by atoms with E-state index in [1.54, 1.807) is 18.7 Å². The quantitative estimate of drug-likeness (QED) is 0.697. The third-order valence-corrected chi connectivity index (χ3v) is 1.65. The Hall–Kier alpha value is -1.55. The van der Waals surface area contributed by atoms with E-state index >= 15 is 0 Å². The molecule has 12 heavy (non-hydrogen) atoms. The van der Waals surface area contributed by atoms with Gasteiger partial charge in [-0.2, -0.15) is 0 Å². The highest BCUT2D eigenvalue weighted by molar-refractivity contribution is 5.56. The van der Waals surface area contributed by atoms with Gasteiger partial charge in [-0.25, -0.2) is 4.98 Å². The number of aromatic amines is 1. The van der Waals surface area contributed by atoms with Gasteiger partial charge in [0.15, 0.2) is 0 Å². The lowest BCUT2D eigenvalue weighted by molar-refractivity contribution is 0.568. The van der Waals surface area contributed by atoms with E-state index in [2.05, 4.69) is 9.97 Å². The van der Waals surface area contributed by atoms with Crippen LogP contribution in [0.5, 0.6) is 0 Å². The fourth-order valence-corrected chi connectivity index (χ4v) is 1.03. The standard InChI is InChI=1S/C8H9N3O/c9-3-8-10-4-7(11-8)6-1-2-12-5-6/h1-2,4-5H,3,9H2,(H,10,11). The molecule has 0 aliphatic rings. The highest BCUT2D eigenvalue weighted by Gasteiger charge is 2.01. The van der Waals surface area contributed by atoms with E-state index in [0.29, 0.717) is 6.54 Å². The topological polar surface area (TPSA) is 67.8 Å². The molecule has 3 N–H and O–H groups in total. The van der Waals surface area contributed by atoms with Gasteiger partial charge in [-0.05, 0) is 6.07 Å². The Labute approximate surface area is 69.4 Å². The third-order valence-electron chi connectivity index (χ3n) is 1.65. The Morgan fingerprint density at radius 1 is 1.58 bits per heavy atom. The SMILES string of the molecule is NCc1ncc(-c2ccoc2)[nH]1. The number of nitrogens with two attached hydrogens (primary N) is 1. The molecule has 4 heteroatoms. The Morgan fingerprint density at radius 3 is 3.08 bits per heavy atom. The van der Waals surface area contributed by atoms with Crippen LogP contribution in [0.4, 0.5) is 0 Å². The Kier molecular flexibility index (Phi) is 1.68. The van der Waals surface area contributed by atoms with Gasteiger partial charge in [0.2, 0.25) is 0 Å². The third kappa shape index (κ3) is 1.12. The zero-order valence-corrected chi connectivity index (χ0v) is 6.45. The summed E-state index contributed by atoms with van der Waals surface area (Å²) in [5, 5.41) is 0. The first-order chi connectivity index (χ1) is 5.90. The number of aromatic nitrogens is 2. The highest BCUT2D eigenvalue weighted by Crippen LogP contribution is 2.16. The molecule has 62 valence electrons. The second-order valence-corrected chi connectivity index (χ2v) is 2.46. The van der Waals surface area contributed by atoms with E-state index < -0.39 is 0 Å². The van der Waals surface area contributed by atoms with Crippen molar-refractivity contribution in [1.82, 2.24) is 9.97 Å². The minimum atomic E-state index is 0.428. The van der Waals surface area contributed by atoms with Gasteiger partial charge in [0, 0.05) is 5.56 Å². The molecule has 0 bridgehead atoms. The van der Waals surface area contributed by atoms with Crippen LogP contribution in [0.15, 0.2) is 29.2 Å². The maximum atomic E-state index is 5.40. The van der Waals surface area contributed by atoms with Crippen molar-refractivity contribution < 1.29 is 4.42 Å². The van der Waals surface area contributed by atoms with E-state index in [9.17, 15) is 0 Å². The minimum Gasteiger partial charge on any atom is -0.472 e. The van der Waals surface area contributed by atoms with E-state index in [1.807, 2.05) is 6.07 Å². The molecule has 0 saturated heterocycles. The first-order valence-electron chi connectivity index (χ1n) is 3.66. The summed E-state index contributed by atoms with van der Waals surface area (Å²) in [7, 11) is 0. The van der Waals surface area contributed by atoms with Crippen LogP contribution in [-0.2, 0) is 6.54 Å². The van der Waals surface area contributed by atoms with E-state index in [-0.39, 0.29) is 0 Å². The summed E-state index contributed by atoms with van der Waals surface area (Å²) in [4.78, 5) is 7.14. The molecule has 0 saturated carbocycles. The lowest BCUT2D eigenvalue weighted by Crippen LogP contribution is -1.97. The molecule has 2 rings (SSSR count). The summed E-state index contributed by atoms with van der Waals surface area (Å²) in [5.41, 5.74) is 7.32. The molecule has 0 aliphatic carbocycles. The van der Waals surface area contributed by atoms with E-state index in [4.69, 9.17) is 10.2 Å². The number of imidazole rings is 1. The van der Waals surface area contributed by atoms with Gasteiger partial charge in [-0.3, -0.25) is 0 Å². The van der Waals surface area contributed by atoms with E-state index in [0.717, 1.165) is 17.1 Å². The van der Waals surface area contributed by atoms with Crippen LogP contribution in [-0.4, -0.2) is 9.97 Å². The predicted octanol–water partition coefficient (Wildman–Crippen LogP) is 1.13. The van der Waals surface area contributed by atoms with Gasteiger partial charge in [0.1, 0.15) is 5.82 Å². The molecule has 2 heterocycles. The van der Waals surface area contributed by atoms with Crippen molar-refractivity contribution in [2.75, 3.05) is 0 Å². The summed E-state index contributed by atoms with van der Waals surface area (Å²) in [6.45, 7) is 0.428. The molecule has 2 aromatic rings. The fourth-order valence-electron chi connectivity index (χ4n) is 1.03. The normalized spacial score (nSPS) is 10.4. The molecular formula is C8H9N3O. The van der Waals surface area contributed by atoms with Crippen LogP contribution in [0.2, 0.25) is 0 Å². The highest BCUT2D eigenvalue weighted by atomic mass is 16.3. The average molecular weight is 163 g/mol. The van der Waals surface area contributed by atoms with Crippen LogP contribution in [0, 0.1) is 0 Å². The Balaban J connectivity index is 2.35. The molecule has 4 nitrogen and oxygen atoms in total. The van der Waals surface area contributed by atoms with Crippen LogP contribution in [0.3, 0.4) is 0 Å². The first kappa shape index (κ1) is 7.12. The van der Waals surface area contributed by atoms with Gasteiger partial charge < -0.3 is 15.1 Å². The molecule has 0 atom stereocenters. The largest absolute Gasteiger partial charge is 0.472 e. The zero-order chi connectivity index (χ0) is 8.39. The molecule has 0 unspecified atom stereocenters. The summed E-state index contributed by atoms with van der Waals surface area (Å²) in [5.74, 6) is 0.784. The fraction of sp³-hybridized carbons (Fsp3) is 0.125. The average Bonchev–Trinajstić information content (AvgIpc) is 2.75. The number of hydrogen-bond donors (Lipinski definition) is 2. The number of rotatable bonds is 2.